The number of hydrogen-bond donors (Lipinski definition) is 2. The number of likely N-dealkylation sites (tertiary alicyclic amines) is 2. The summed E-state index contributed by atoms with van der Waals surface area (Å²) in [6, 6.07) is 15.1. The second-order valence-corrected chi connectivity index (χ2v) is 16.0. The fourth-order valence-electron chi connectivity index (χ4n) is 7.49. The smallest absolute Gasteiger partial charge is 0.410 e. The summed E-state index contributed by atoms with van der Waals surface area (Å²) in [4.78, 5) is 46.5. The highest BCUT2D eigenvalue weighted by atomic mass is 16.6. The quantitative estimate of drug-likeness (QED) is 0.222. The number of amides is 2. The number of carbonyl (C=O) groups is 2. The van der Waals surface area contributed by atoms with Crippen LogP contribution in [0.25, 0.3) is 33.6 Å². The van der Waals surface area contributed by atoms with Crippen LogP contribution in [0.2, 0.25) is 0 Å². The van der Waals surface area contributed by atoms with E-state index in [2.05, 4.69) is 57.4 Å². The van der Waals surface area contributed by atoms with Crippen molar-refractivity contribution in [2.24, 2.45) is 0 Å². The maximum Gasteiger partial charge on any atom is 0.410 e. The molecule has 2 fully saturated rings. The average Bonchev–Trinajstić information content (AvgIpc) is 3.86. The number of imidazole rings is 2. The third kappa shape index (κ3) is 7.16. The minimum absolute atomic E-state index is 0.104. The van der Waals surface area contributed by atoms with E-state index in [1.54, 1.807) is 4.90 Å². The van der Waals surface area contributed by atoms with Gasteiger partial charge >= 0.3 is 12.2 Å². The highest BCUT2D eigenvalue weighted by Gasteiger charge is 2.37. The van der Waals surface area contributed by atoms with Crippen LogP contribution in [0.3, 0.4) is 0 Å². The Kier molecular flexibility index (Phi) is 8.99. The van der Waals surface area contributed by atoms with E-state index in [-0.39, 0.29) is 24.3 Å². The van der Waals surface area contributed by atoms with Crippen molar-refractivity contribution >= 4 is 12.2 Å². The zero-order valence-corrected chi connectivity index (χ0v) is 30.3. The minimum atomic E-state index is -0.538. The predicted octanol–water partition coefficient (Wildman–Crippen LogP) is 9.16. The Morgan fingerprint density at radius 3 is 1.94 bits per heavy atom. The number of aromatic nitrogens is 4. The molecule has 2 N–H and O–H groups in total. The molecule has 10 nitrogen and oxygen atoms in total. The largest absolute Gasteiger partial charge is 0.444 e. The Bertz CT molecular complexity index is 1860. The lowest BCUT2D eigenvalue weighted by Crippen LogP contribution is -2.36. The van der Waals surface area contributed by atoms with Crippen LogP contribution >= 0.6 is 0 Å². The number of fused-ring (bicyclic) bond motifs is 3. The van der Waals surface area contributed by atoms with Crippen LogP contribution < -0.4 is 0 Å². The van der Waals surface area contributed by atoms with Crippen molar-refractivity contribution in [2.75, 3.05) is 13.1 Å². The number of nitrogens with one attached hydrogen (secondary N) is 2. The third-order valence-corrected chi connectivity index (χ3v) is 9.80. The van der Waals surface area contributed by atoms with Crippen molar-refractivity contribution in [3.05, 3.63) is 71.6 Å². The van der Waals surface area contributed by atoms with E-state index in [9.17, 15) is 9.59 Å². The van der Waals surface area contributed by atoms with Gasteiger partial charge in [0.1, 0.15) is 22.9 Å². The van der Waals surface area contributed by atoms with Crippen molar-refractivity contribution in [2.45, 2.75) is 116 Å². The number of nitrogens with zero attached hydrogens (tertiary/aromatic N) is 4. The van der Waals surface area contributed by atoms with Gasteiger partial charge < -0.3 is 19.4 Å². The normalized spacial score (nSPS) is 19.5. The molecule has 264 valence electrons. The van der Waals surface area contributed by atoms with Gasteiger partial charge in [-0.2, -0.15) is 0 Å². The van der Waals surface area contributed by atoms with Crippen molar-refractivity contribution in [1.29, 1.82) is 0 Å². The van der Waals surface area contributed by atoms with Crippen LogP contribution in [0.1, 0.15) is 115 Å². The van der Waals surface area contributed by atoms with Crippen LogP contribution in [0, 0.1) is 0 Å². The number of hydrogen-bond acceptors (Lipinski definition) is 6. The molecule has 2 saturated heterocycles. The van der Waals surface area contributed by atoms with E-state index in [0.717, 1.165) is 91.2 Å². The number of aromatic amines is 2. The number of benzene rings is 2. The first kappa shape index (κ1) is 33.9. The highest BCUT2D eigenvalue weighted by Crippen LogP contribution is 2.38. The number of H-pyrrole nitrogens is 2. The molecule has 4 aromatic rings. The van der Waals surface area contributed by atoms with Gasteiger partial charge in [0, 0.05) is 24.3 Å². The molecule has 1 aliphatic carbocycles. The topological polar surface area (TPSA) is 116 Å². The number of aryl methyl sites for hydroxylation is 2. The lowest BCUT2D eigenvalue weighted by Gasteiger charge is -2.27. The maximum absolute atomic E-state index is 13.0. The molecular formula is C40H50N6O4. The lowest BCUT2D eigenvalue weighted by atomic mass is 9.90. The monoisotopic (exact) mass is 678 g/mol. The Labute approximate surface area is 295 Å². The molecule has 10 heteroatoms. The van der Waals surface area contributed by atoms with E-state index in [0.29, 0.717) is 13.1 Å². The van der Waals surface area contributed by atoms with Gasteiger partial charge in [0.05, 0.1) is 29.7 Å². The first-order chi connectivity index (χ1) is 23.8. The number of rotatable bonds is 4. The standard InChI is InChI=1S/C40H50N6O4/c1-39(2,3)49-37(47)45-21-9-13-32(45)35-41-24-31(43-35)26-17-15-25(16-18-26)27-19-20-29-28(23-27)11-7-8-12-30-34(29)44-36(42-30)33-14-10-22-46(33)38(48)50-40(4,5)6/h15-20,23-24,32-33H,7-14,21-22H2,1-6H3,(H,41,43)(H,42,44)/t32-,33-/m0/s1. The van der Waals surface area contributed by atoms with Gasteiger partial charge in [-0.25, -0.2) is 19.6 Å². The van der Waals surface area contributed by atoms with E-state index in [1.807, 2.05) is 52.6 Å². The molecule has 2 amide bonds. The molecule has 2 aliphatic heterocycles. The fraction of sp³-hybridized carbons (Fsp3) is 0.500. The Hall–Kier alpha value is -4.60. The van der Waals surface area contributed by atoms with Crippen molar-refractivity contribution in [3.63, 3.8) is 0 Å². The summed E-state index contributed by atoms with van der Waals surface area (Å²) < 4.78 is 11.4. The van der Waals surface area contributed by atoms with Gasteiger partial charge in [-0.1, -0.05) is 42.5 Å². The average molecular weight is 679 g/mol. The summed E-state index contributed by atoms with van der Waals surface area (Å²) in [6.07, 6.45) is 9.00. The molecule has 0 saturated carbocycles. The van der Waals surface area contributed by atoms with Gasteiger partial charge in [-0.05, 0) is 115 Å². The minimum Gasteiger partial charge on any atom is -0.444 e. The maximum atomic E-state index is 13.0. The summed E-state index contributed by atoms with van der Waals surface area (Å²) in [7, 11) is 0. The van der Waals surface area contributed by atoms with Crippen molar-refractivity contribution in [3.8, 4) is 33.6 Å². The van der Waals surface area contributed by atoms with Crippen LogP contribution in [0.4, 0.5) is 9.59 Å². The Balaban J connectivity index is 1.09. The second-order valence-electron chi connectivity index (χ2n) is 16.0. The molecule has 7 rings (SSSR count). The summed E-state index contributed by atoms with van der Waals surface area (Å²) in [5.41, 5.74) is 7.84. The molecule has 50 heavy (non-hydrogen) atoms. The Morgan fingerprint density at radius 2 is 1.30 bits per heavy atom. The zero-order valence-electron chi connectivity index (χ0n) is 30.3. The summed E-state index contributed by atoms with van der Waals surface area (Å²) in [5.74, 6) is 1.65. The summed E-state index contributed by atoms with van der Waals surface area (Å²) in [5, 5.41) is 0. The van der Waals surface area contributed by atoms with Gasteiger partial charge in [-0.3, -0.25) is 9.80 Å². The number of carbonyl (C=O) groups excluding carboxylic acids is 2. The van der Waals surface area contributed by atoms with Crippen LogP contribution in [0.15, 0.2) is 48.7 Å². The van der Waals surface area contributed by atoms with E-state index in [4.69, 9.17) is 14.5 Å². The van der Waals surface area contributed by atoms with Crippen molar-refractivity contribution < 1.29 is 19.1 Å². The predicted molar refractivity (Wildman–Crippen MR) is 194 cm³/mol. The molecular weight excluding hydrogens is 628 g/mol. The van der Waals surface area contributed by atoms with E-state index >= 15 is 0 Å². The first-order valence-corrected chi connectivity index (χ1v) is 18.2. The van der Waals surface area contributed by atoms with E-state index in [1.165, 1.54) is 16.7 Å². The molecule has 2 aromatic heterocycles. The molecule has 3 aliphatic rings. The molecule has 2 atom stereocenters. The second kappa shape index (κ2) is 13.3. The lowest BCUT2D eigenvalue weighted by molar-refractivity contribution is 0.0208. The fourth-order valence-corrected chi connectivity index (χ4v) is 7.49. The molecule has 2 aromatic carbocycles. The van der Waals surface area contributed by atoms with Crippen LogP contribution in [-0.4, -0.2) is 66.2 Å². The molecule has 0 unspecified atom stereocenters. The van der Waals surface area contributed by atoms with Gasteiger partial charge in [0.2, 0.25) is 0 Å². The molecule has 0 spiro atoms. The van der Waals surface area contributed by atoms with Crippen molar-refractivity contribution in [1.82, 2.24) is 29.7 Å². The first-order valence-electron chi connectivity index (χ1n) is 18.2. The number of ether oxygens (including phenoxy) is 2. The van der Waals surface area contributed by atoms with E-state index < -0.39 is 11.2 Å². The van der Waals surface area contributed by atoms with Gasteiger partial charge in [0.25, 0.3) is 0 Å². The highest BCUT2D eigenvalue weighted by molar-refractivity contribution is 5.75. The molecule has 4 heterocycles. The van der Waals surface area contributed by atoms with Crippen LogP contribution in [-0.2, 0) is 22.3 Å². The Morgan fingerprint density at radius 1 is 0.720 bits per heavy atom. The zero-order chi connectivity index (χ0) is 35.2. The SMILES string of the molecule is CC(C)(C)OC(=O)N1CCC[C@H]1c1ncc(-c2ccc(-c3ccc4c(c3)CCCCc3[nH]c([C@@H]5CCCN5C(=O)OC(C)(C)C)nc3-4)cc2)[nH]1. The summed E-state index contributed by atoms with van der Waals surface area (Å²) >= 11 is 0. The van der Waals surface area contributed by atoms with Gasteiger partial charge in [0.15, 0.2) is 0 Å². The molecule has 0 bridgehead atoms. The third-order valence-electron chi connectivity index (χ3n) is 9.80. The van der Waals surface area contributed by atoms with Gasteiger partial charge in [-0.15, -0.1) is 0 Å². The molecule has 0 radical (unpaired) electrons. The van der Waals surface area contributed by atoms with Crippen LogP contribution in [0.5, 0.6) is 0 Å². The summed E-state index contributed by atoms with van der Waals surface area (Å²) in [6.45, 7) is 12.7.